The van der Waals surface area contributed by atoms with E-state index in [-0.39, 0.29) is 5.91 Å². The van der Waals surface area contributed by atoms with Crippen molar-refractivity contribution in [2.24, 2.45) is 0 Å². The molecule has 1 amide bonds. The average Bonchev–Trinajstić information content (AvgIpc) is 1.94. The molecule has 11 heavy (non-hydrogen) atoms. The van der Waals surface area contributed by atoms with Crippen LogP contribution in [0.4, 0.5) is 0 Å². The largest absolute Gasteiger partial charge is 0.359 e. The molecule has 1 rings (SSSR count). The summed E-state index contributed by atoms with van der Waals surface area (Å²) in [4.78, 5) is 10.4. The highest BCUT2D eigenvalue weighted by Crippen LogP contribution is 2.07. The van der Waals surface area contributed by atoms with Crippen LogP contribution in [0.1, 0.15) is 12.8 Å². The van der Waals surface area contributed by atoms with Crippen LogP contribution in [0.15, 0.2) is 0 Å². The Morgan fingerprint density at radius 3 is 3.00 bits per heavy atom. The Morgan fingerprint density at radius 2 is 2.45 bits per heavy atom. The highest BCUT2D eigenvalue weighted by atomic mass is 16.7. The molecule has 0 aromatic rings. The minimum atomic E-state index is 0.141. The molecule has 0 spiro atoms. The maximum atomic E-state index is 10.4. The third kappa shape index (κ3) is 2.86. The monoisotopic (exact) mass is 159 g/mol. The van der Waals surface area contributed by atoms with Crippen LogP contribution in [-0.2, 0) is 14.3 Å². The number of carbonyl (C=O) groups is 1. The predicted molar refractivity (Wildman–Crippen MR) is 39.0 cm³/mol. The fraction of sp³-hybridized carbons (Fsp3) is 0.857. The zero-order chi connectivity index (χ0) is 8.10. The van der Waals surface area contributed by atoms with Crippen molar-refractivity contribution in [2.45, 2.75) is 18.9 Å². The molecule has 0 radical (unpaired) electrons. The first-order valence-electron chi connectivity index (χ1n) is 3.69. The van der Waals surface area contributed by atoms with Crippen LogP contribution < -0.4 is 5.32 Å². The molecule has 1 fully saturated rings. The number of carbonyl (C=O) groups excluding carboxylic acids is 1. The summed E-state index contributed by atoms with van der Waals surface area (Å²) in [6.07, 6.45) is 1.53. The van der Waals surface area contributed by atoms with E-state index in [9.17, 15) is 4.79 Å². The summed E-state index contributed by atoms with van der Waals surface area (Å²) in [5, 5.41) is 2.76. The normalized spacial score (nSPS) is 22.6. The smallest absolute Gasteiger partial charge is 0.222 e. The first kappa shape index (κ1) is 8.49. The lowest BCUT2D eigenvalue weighted by Gasteiger charge is -2.26. The summed E-state index contributed by atoms with van der Waals surface area (Å²) in [5.74, 6) is 0.141. The van der Waals surface area contributed by atoms with Gasteiger partial charge in [0.25, 0.3) is 0 Å². The van der Waals surface area contributed by atoms with Crippen LogP contribution in [0.25, 0.3) is 0 Å². The van der Waals surface area contributed by atoms with E-state index in [1.54, 1.807) is 7.11 Å². The molecule has 1 atom stereocenters. The van der Waals surface area contributed by atoms with Crippen molar-refractivity contribution in [3.05, 3.63) is 0 Å². The first-order chi connectivity index (χ1) is 5.33. The Morgan fingerprint density at radius 1 is 1.73 bits per heavy atom. The quantitative estimate of drug-likeness (QED) is 0.346. The number of hydrogen-bond donors (Lipinski definition) is 1. The van der Waals surface area contributed by atoms with Crippen LogP contribution in [0, 0.1) is 0 Å². The molecule has 4 heteroatoms. The summed E-state index contributed by atoms with van der Waals surface area (Å²) in [6.45, 7) is 0.986. The van der Waals surface area contributed by atoms with Crippen molar-refractivity contribution in [1.29, 1.82) is 0 Å². The lowest BCUT2D eigenvalue weighted by Crippen LogP contribution is -2.48. The Labute approximate surface area is 65.9 Å². The van der Waals surface area contributed by atoms with Gasteiger partial charge in [0, 0.05) is 19.6 Å². The van der Waals surface area contributed by atoms with E-state index in [4.69, 9.17) is 4.74 Å². The lowest BCUT2D eigenvalue weighted by atomic mass is 10.0. The summed E-state index contributed by atoms with van der Waals surface area (Å²) in [7, 11) is 1.59. The molecule has 1 aliphatic rings. The average molecular weight is 159 g/mol. The number of β-lactam (4-membered cyclic amide) rings is 1. The lowest BCUT2D eigenvalue weighted by molar-refractivity contribution is -0.128. The second-order valence-electron chi connectivity index (χ2n) is 2.57. The molecule has 0 aliphatic carbocycles. The van der Waals surface area contributed by atoms with Gasteiger partial charge in [-0.1, -0.05) is 0 Å². The molecule has 1 saturated heterocycles. The van der Waals surface area contributed by atoms with Gasteiger partial charge in [0.05, 0.1) is 6.61 Å². The molecule has 64 valence electrons. The Kier molecular flexibility index (Phi) is 3.32. The van der Waals surface area contributed by atoms with Crippen LogP contribution in [0.3, 0.4) is 0 Å². The highest BCUT2D eigenvalue weighted by Gasteiger charge is 2.24. The second-order valence-corrected chi connectivity index (χ2v) is 2.57. The number of hydrogen-bond acceptors (Lipinski definition) is 3. The minimum Gasteiger partial charge on any atom is -0.359 e. The van der Waals surface area contributed by atoms with Crippen molar-refractivity contribution in [3.63, 3.8) is 0 Å². The van der Waals surface area contributed by atoms with Gasteiger partial charge in [0.15, 0.2) is 0 Å². The van der Waals surface area contributed by atoms with Crippen molar-refractivity contribution >= 4 is 5.91 Å². The number of rotatable bonds is 5. The SMILES string of the molecule is COCOCC[C@@H]1CC(=O)N1. The third-order valence-electron chi connectivity index (χ3n) is 1.61. The van der Waals surface area contributed by atoms with Gasteiger partial charge in [0.2, 0.25) is 5.91 Å². The molecule has 1 heterocycles. The van der Waals surface area contributed by atoms with Crippen LogP contribution in [0.5, 0.6) is 0 Å². The topological polar surface area (TPSA) is 47.6 Å². The van der Waals surface area contributed by atoms with Crippen molar-refractivity contribution in [1.82, 2.24) is 5.32 Å². The summed E-state index contributed by atoms with van der Waals surface area (Å²) in [5.41, 5.74) is 0. The van der Waals surface area contributed by atoms with Gasteiger partial charge in [-0.3, -0.25) is 4.79 Å². The molecule has 4 nitrogen and oxygen atoms in total. The van der Waals surface area contributed by atoms with Gasteiger partial charge in [-0.25, -0.2) is 0 Å². The Hall–Kier alpha value is -0.610. The predicted octanol–water partition coefficient (Wildman–Crippen LogP) is -0.114. The Balaban J connectivity index is 1.85. The molecular formula is C7H13NO3. The van der Waals surface area contributed by atoms with Crippen LogP contribution in [0.2, 0.25) is 0 Å². The van der Waals surface area contributed by atoms with Gasteiger partial charge in [0.1, 0.15) is 6.79 Å². The Bertz CT molecular complexity index is 130. The van der Waals surface area contributed by atoms with Gasteiger partial charge in [-0.15, -0.1) is 0 Å². The van der Waals surface area contributed by atoms with Gasteiger partial charge >= 0.3 is 0 Å². The summed E-state index contributed by atoms with van der Waals surface area (Å²) in [6, 6.07) is 0.333. The van der Waals surface area contributed by atoms with Gasteiger partial charge in [-0.2, -0.15) is 0 Å². The zero-order valence-electron chi connectivity index (χ0n) is 6.63. The zero-order valence-corrected chi connectivity index (χ0v) is 6.63. The van der Waals surface area contributed by atoms with Crippen LogP contribution in [-0.4, -0.2) is 32.5 Å². The van der Waals surface area contributed by atoms with E-state index in [1.807, 2.05) is 0 Å². The summed E-state index contributed by atoms with van der Waals surface area (Å²) < 4.78 is 9.74. The number of nitrogens with one attached hydrogen (secondary N) is 1. The van der Waals surface area contributed by atoms with Gasteiger partial charge < -0.3 is 14.8 Å². The van der Waals surface area contributed by atoms with E-state index >= 15 is 0 Å². The minimum absolute atomic E-state index is 0.141. The third-order valence-corrected chi connectivity index (χ3v) is 1.61. The molecule has 0 aromatic heterocycles. The maximum Gasteiger partial charge on any atom is 0.222 e. The molecule has 1 aliphatic heterocycles. The van der Waals surface area contributed by atoms with E-state index in [2.05, 4.69) is 10.1 Å². The number of amides is 1. The maximum absolute atomic E-state index is 10.4. The van der Waals surface area contributed by atoms with Crippen molar-refractivity contribution < 1.29 is 14.3 Å². The molecule has 0 bridgehead atoms. The van der Waals surface area contributed by atoms with E-state index < -0.39 is 0 Å². The summed E-state index contributed by atoms with van der Waals surface area (Å²) >= 11 is 0. The molecule has 0 aromatic carbocycles. The molecule has 0 saturated carbocycles. The van der Waals surface area contributed by atoms with E-state index in [1.165, 1.54) is 0 Å². The first-order valence-corrected chi connectivity index (χ1v) is 3.69. The second kappa shape index (κ2) is 4.31. The van der Waals surface area contributed by atoms with E-state index in [0.717, 1.165) is 6.42 Å². The van der Waals surface area contributed by atoms with Crippen molar-refractivity contribution in [3.8, 4) is 0 Å². The van der Waals surface area contributed by atoms with Crippen molar-refractivity contribution in [2.75, 3.05) is 20.5 Å². The molecule has 0 unspecified atom stereocenters. The standard InChI is InChI=1S/C7H13NO3/c1-10-5-11-3-2-6-4-7(9)8-6/h6H,2-5H2,1H3,(H,8,9)/t6-/m1/s1. The fourth-order valence-electron chi connectivity index (χ4n) is 0.972. The highest BCUT2D eigenvalue weighted by molar-refractivity contribution is 5.82. The molecular weight excluding hydrogens is 146 g/mol. The fourth-order valence-corrected chi connectivity index (χ4v) is 0.972. The van der Waals surface area contributed by atoms with Gasteiger partial charge in [-0.05, 0) is 6.42 Å². The molecule has 1 N–H and O–H groups in total. The number of ether oxygens (including phenoxy) is 2. The number of methoxy groups -OCH3 is 1. The van der Waals surface area contributed by atoms with E-state index in [0.29, 0.717) is 25.9 Å². The van der Waals surface area contributed by atoms with Crippen LogP contribution >= 0.6 is 0 Å².